The third kappa shape index (κ3) is 5.11. The van der Waals surface area contributed by atoms with E-state index in [0.29, 0.717) is 6.61 Å². The zero-order valence-electron chi connectivity index (χ0n) is 15.3. The molecule has 1 aromatic carbocycles. The van der Waals surface area contributed by atoms with Gasteiger partial charge in [0.2, 0.25) is 5.91 Å². The monoisotopic (exact) mass is 402 g/mol. The number of carbonyl (C=O) groups excluding carboxylic acids is 1. The van der Waals surface area contributed by atoms with Crippen LogP contribution in [0.25, 0.3) is 10.7 Å². The highest BCUT2D eigenvalue weighted by Gasteiger charge is 2.15. The molecule has 0 saturated heterocycles. The molecule has 3 aromatic rings. The molecule has 3 rings (SSSR count). The number of nitrogens with zero attached hydrogens (tertiary/aromatic N) is 3. The van der Waals surface area contributed by atoms with Crippen LogP contribution in [0.5, 0.6) is 5.75 Å². The molecule has 0 atom stereocenters. The minimum absolute atomic E-state index is 0.0760. The van der Waals surface area contributed by atoms with E-state index in [-0.39, 0.29) is 11.7 Å². The number of anilines is 1. The molecule has 0 aliphatic rings. The molecule has 0 aliphatic carbocycles. The van der Waals surface area contributed by atoms with E-state index >= 15 is 0 Å². The number of hydrogen-bond acceptors (Lipinski definition) is 6. The fraction of sp³-hybridized carbons (Fsp3) is 0.316. The van der Waals surface area contributed by atoms with Gasteiger partial charge in [0, 0.05) is 12.2 Å². The molecule has 0 bridgehead atoms. The summed E-state index contributed by atoms with van der Waals surface area (Å²) < 4.78 is 7.49. The molecule has 0 radical (unpaired) electrons. The average Bonchev–Trinajstić information content (AvgIpc) is 3.32. The Balaban J connectivity index is 1.61. The van der Waals surface area contributed by atoms with Crippen molar-refractivity contribution >= 4 is 34.7 Å². The van der Waals surface area contributed by atoms with Crippen molar-refractivity contribution in [2.75, 3.05) is 17.7 Å². The summed E-state index contributed by atoms with van der Waals surface area (Å²) in [4.78, 5) is 13.4. The van der Waals surface area contributed by atoms with E-state index < -0.39 is 0 Å². The smallest absolute Gasteiger partial charge is 0.234 e. The predicted octanol–water partition coefficient (Wildman–Crippen LogP) is 4.55. The third-order valence-corrected chi connectivity index (χ3v) is 5.52. The normalized spacial score (nSPS) is 10.7. The van der Waals surface area contributed by atoms with Crippen LogP contribution in [0.15, 0.2) is 46.9 Å². The van der Waals surface area contributed by atoms with E-state index in [1.807, 2.05) is 48.7 Å². The summed E-state index contributed by atoms with van der Waals surface area (Å²) in [5, 5.41) is 14.3. The highest BCUT2D eigenvalue weighted by Crippen LogP contribution is 2.27. The maximum Gasteiger partial charge on any atom is 0.234 e. The summed E-state index contributed by atoms with van der Waals surface area (Å²) in [6.45, 7) is 5.50. The van der Waals surface area contributed by atoms with Gasteiger partial charge in [0.15, 0.2) is 11.0 Å². The number of nitrogens with one attached hydrogen (secondary N) is 1. The van der Waals surface area contributed by atoms with Gasteiger partial charge in [-0.2, -0.15) is 0 Å². The van der Waals surface area contributed by atoms with Crippen LogP contribution in [0.2, 0.25) is 0 Å². The van der Waals surface area contributed by atoms with Crippen LogP contribution in [0.1, 0.15) is 20.3 Å². The van der Waals surface area contributed by atoms with Gasteiger partial charge in [-0.15, -0.1) is 21.5 Å². The minimum Gasteiger partial charge on any atom is -0.494 e. The highest BCUT2D eigenvalue weighted by molar-refractivity contribution is 7.99. The van der Waals surface area contributed by atoms with Crippen molar-refractivity contribution in [1.82, 2.24) is 14.8 Å². The number of hydrogen-bond donors (Lipinski definition) is 1. The fourth-order valence-corrected chi connectivity index (χ4v) is 4.02. The van der Waals surface area contributed by atoms with Gasteiger partial charge in [0.1, 0.15) is 5.75 Å². The quantitative estimate of drug-likeness (QED) is 0.532. The Morgan fingerprint density at radius 3 is 2.70 bits per heavy atom. The SMILES string of the molecule is CCCn1c(SCC(=O)Nc2ccc(OCC)cc2)nnc1-c1cccs1. The zero-order valence-corrected chi connectivity index (χ0v) is 17.0. The molecule has 0 unspecified atom stereocenters. The Kier molecular flexibility index (Phi) is 6.89. The maximum atomic E-state index is 12.3. The number of aromatic nitrogens is 3. The van der Waals surface area contributed by atoms with Crippen LogP contribution in [0, 0.1) is 0 Å². The number of carbonyl (C=O) groups is 1. The molecule has 1 N–H and O–H groups in total. The van der Waals surface area contributed by atoms with E-state index in [1.54, 1.807) is 11.3 Å². The average molecular weight is 403 g/mol. The fourth-order valence-electron chi connectivity index (χ4n) is 2.54. The van der Waals surface area contributed by atoms with Crippen LogP contribution in [0.4, 0.5) is 5.69 Å². The summed E-state index contributed by atoms with van der Waals surface area (Å²) in [6.07, 6.45) is 0.975. The number of thiophene rings is 1. The second-order valence-corrected chi connectivity index (χ2v) is 7.62. The van der Waals surface area contributed by atoms with E-state index in [4.69, 9.17) is 4.74 Å². The first-order chi connectivity index (χ1) is 13.2. The lowest BCUT2D eigenvalue weighted by molar-refractivity contribution is -0.113. The molecule has 0 spiro atoms. The highest BCUT2D eigenvalue weighted by atomic mass is 32.2. The van der Waals surface area contributed by atoms with Crippen LogP contribution in [-0.2, 0) is 11.3 Å². The van der Waals surface area contributed by atoms with Gasteiger partial charge >= 0.3 is 0 Å². The largest absolute Gasteiger partial charge is 0.494 e. The molecule has 0 aliphatic heterocycles. The Labute approximate surface area is 167 Å². The number of rotatable bonds is 9. The van der Waals surface area contributed by atoms with Crippen LogP contribution < -0.4 is 10.1 Å². The Bertz CT molecular complexity index is 860. The van der Waals surface area contributed by atoms with Gasteiger partial charge in [0.25, 0.3) is 0 Å². The molecule has 1 amide bonds. The van der Waals surface area contributed by atoms with E-state index in [9.17, 15) is 4.79 Å². The van der Waals surface area contributed by atoms with Crippen molar-refractivity contribution in [3.8, 4) is 16.5 Å². The lowest BCUT2D eigenvalue weighted by Crippen LogP contribution is -2.14. The summed E-state index contributed by atoms with van der Waals surface area (Å²) in [6, 6.07) is 11.4. The van der Waals surface area contributed by atoms with Gasteiger partial charge in [-0.25, -0.2) is 0 Å². The van der Waals surface area contributed by atoms with Crippen molar-refractivity contribution in [1.29, 1.82) is 0 Å². The third-order valence-electron chi connectivity index (χ3n) is 3.69. The standard InChI is InChI=1S/C19H22N4O2S2/c1-3-11-23-18(16-6-5-12-26-16)21-22-19(23)27-13-17(24)20-14-7-9-15(10-8-14)25-4-2/h5-10,12H,3-4,11,13H2,1-2H3,(H,20,24). The van der Waals surface area contributed by atoms with Crippen molar-refractivity contribution in [2.24, 2.45) is 0 Å². The molecule has 8 heteroatoms. The molecule has 0 fully saturated rings. The first-order valence-corrected chi connectivity index (χ1v) is 10.7. The van der Waals surface area contributed by atoms with Gasteiger partial charge in [-0.1, -0.05) is 24.8 Å². The second kappa shape index (κ2) is 9.57. The lowest BCUT2D eigenvalue weighted by Gasteiger charge is -2.09. The zero-order chi connectivity index (χ0) is 19.1. The van der Waals surface area contributed by atoms with E-state index in [2.05, 4.69) is 27.0 Å². The van der Waals surface area contributed by atoms with Gasteiger partial charge in [-0.3, -0.25) is 4.79 Å². The molecular formula is C19H22N4O2S2. The van der Waals surface area contributed by atoms with Crippen molar-refractivity contribution in [2.45, 2.75) is 32.0 Å². The van der Waals surface area contributed by atoms with Crippen molar-refractivity contribution in [3.05, 3.63) is 41.8 Å². The summed E-state index contributed by atoms with van der Waals surface area (Å²) in [5.41, 5.74) is 0.748. The van der Waals surface area contributed by atoms with Crippen molar-refractivity contribution < 1.29 is 9.53 Å². The molecule has 2 heterocycles. The predicted molar refractivity (Wildman–Crippen MR) is 111 cm³/mol. The van der Waals surface area contributed by atoms with Crippen LogP contribution >= 0.6 is 23.1 Å². The number of benzene rings is 1. The van der Waals surface area contributed by atoms with E-state index in [0.717, 1.165) is 40.3 Å². The summed E-state index contributed by atoms with van der Waals surface area (Å²) >= 11 is 3.04. The van der Waals surface area contributed by atoms with Gasteiger partial charge < -0.3 is 14.6 Å². The molecule has 6 nitrogen and oxygen atoms in total. The Hall–Kier alpha value is -2.32. The summed E-state index contributed by atoms with van der Waals surface area (Å²) in [5.74, 6) is 1.85. The second-order valence-electron chi connectivity index (χ2n) is 5.73. The number of amides is 1. The number of ether oxygens (including phenoxy) is 1. The number of thioether (sulfide) groups is 1. The first-order valence-electron chi connectivity index (χ1n) is 8.83. The van der Waals surface area contributed by atoms with Gasteiger partial charge in [0.05, 0.1) is 17.2 Å². The Morgan fingerprint density at radius 2 is 2.04 bits per heavy atom. The molecular weight excluding hydrogens is 380 g/mol. The van der Waals surface area contributed by atoms with Crippen molar-refractivity contribution in [3.63, 3.8) is 0 Å². The topological polar surface area (TPSA) is 69.0 Å². The van der Waals surface area contributed by atoms with Crippen LogP contribution in [-0.4, -0.2) is 33.0 Å². The van der Waals surface area contributed by atoms with E-state index in [1.165, 1.54) is 11.8 Å². The lowest BCUT2D eigenvalue weighted by atomic mass is 10.3. The van der Waals surface area contributed by atoms with Gasteiger partial charge in [-0.05, 0) is 49.1 Å². The first kappa shape index (κ1) is 19.4. The molecule has 27 heavy (non-hydrogen) atoms. The molecule has 142 valence electrons. The Morgan fingerprint density at radius 1 is 1.22 bits per heavy atom. The maximum absolute atomic E-state index is 12.3. The summed E-state index contributed by atoms with van der Waals surface area (Å²) in [7, 11) is 0. The minimum atomic E-state index is -0.0760. The molecule has 2 aromatic heterocycles. The van der Waals surface area contributed by atoms with Crippen LogP contribution in [0.3, 0.4) is 0 Å². The molecule has 0 saturated carbocycles.